The molecule has 0 saturated heterocycles. The summed E-state index contributed by atoms with van der Waals surface area (Å²) in [6, 6.07) is -0.539. The number of carbonyl (C=O) groups excluding carboxylic acids is 2. The molecule has 5 nitrogen and oxygen atoms in total. The van der Waals surface area contributed by atoms with Crippen molar-refractivity contribution < 1.29 is 9.59 Å². The first-order chi connectivity index (χ1) is 6.91. The second-order valence-electron chi connectivity index (χ2n) is 4.17. The number of hydrogen-bond acceptors (Lipinski definition) is 3. The number of rotatable bonds is 6. The zero-order valence-corrected chi connectivity index (χ0v) is 9.67. The Kier molecular flexibility index (Phi) is 6.70. The highest BCUT2D eigenvalue weighted by atomic mass is 16.2. The third kappa shape index (κ3) is 9.21. The van der Waals surface area contributed by atoms with E-state index in [2.05, 4.69) is 19.2 Å². The van der Waals surface area contributed by atoms with Crippen LogP contribution in [0.25, 0.3) is 0 Å². The molecule has 4 N–H and O–H groups in total. The lowest BCUT2D eigenvalue weighted by Gasteiger charge is -2.14. The Morgan fingerprint density at radius 1 is 1.20 bits per heavy atom. The summed E-state index contributed by atoms with van der Waals surface area (Å²) in [5, 5.41) is 5.02. The van der Waals surface area contributed by atoms with Crippen LogP contribution < -0.4 is 16.4 Å². The van der Waals surface area contributed by atoms with Gasteiger partial charge in [0.05, 0.1) is 6.54 Å². The topological polar surface area (TPSA) is 84.2 Å². The third-order valence-corrected chi connectivity index (χ3v) is 2.05. The van der Waals surface area contributed by atoms with Gasteiger partial charge >= 0.3 is 6.03 Å². The normalized spacial score (nSPS) is 12.5. The summed E-state index contributed by atoms with van der Waals surface area (Å²) in [6.45, 7) is 6.46. The number of urea groups is 1. The maximum atomic E-state index is 11.0. The molecule has 0 aliphatic heterocycles. The molecule has 1 unspecified atom stereocenters. The Hall–Kier alpha value is -1.10. The molecule has 0 aromatic rings. The number of amides is 3. The monoisotopic (exact) mass is 215 g/mol. The fourth-order valence-corrected chi connectivity index (χ4v) is 1.13. The summed E-state index contributed by atoms with van der Waals surface area (Å²) >= 11 is 0. The molecule has 0 heterocycles. The van der Waals surface area contributed by atoms with Gasteiger partial charge in [-0.25, -0.2) is 4.79 Å². The van der Waals surface area contributed by atoms with E-state index < -0.39 is 6.03 Å². The molecule has 0 rings (SSSR count). The number of hydrogen-bond donors (Lipinski definition) is 3. The molecule has 0 aliphatic rings. The molecule has 15 heavy (non-hydrogen) atoms. The van der Waals surface area contributed by atoms with Gasteiger partial charge in [0, 0.05) is 6.04 Å². The maximum absolute atomic E-state index is 11.0. The zero-order chi connectivity index (χ0) is 11.8. The van der Waals surface area contributed by atoms with Gasteiger partial charge in [-0.15, -0.1) is 0 Å². The molecule has 0 aliphatic carbocycles. The number of nitrogens with one attached hydrogen (secondary N) is 2. The largest absolute Gasteiger partial charge is 0.351 e. The number of imide groups is 1. The average molecular weight is 215 g/mol. The highest BCUT2D eigenvalue weighted by Crippen LogP contribution is 2.05. The molecule has 88 valence electrons. The molecule has 0 spiro atoms. The van der Waals surface area contributed by atoms with Crippen LogP contribution in [0.15, 0.2) is 0 Å². The summed E-state index contributed by atoms with van der Waals surface area (Å²) in [5.41, 5.74) is 4.80. The number of nitrogens with two attached hydrogens (primary N) is 1. The predicted octanol–water partition coefficient (Wildman–Crippen LogP) is 0.596. The molecule has 0 fully saturated rings. The molecular formula is C10H21N3O2. The van der Waals surface area contributed by atoms with Crippen molar-refractivity contribution >= 4 is 11.9 Å². The van der Waals surface area contributed by atoms with E-state index in [0.29, 0.717) is 5.92 Å². The molecule has 0 bridgehead atoms. The van der Waals surface area contributed by atoms with Crippen molar-refractivity contribution in [2.24, 2.45) is 11.7 Å². The van der Waals surface area contributed by atoms with E-state index in [1.165, 1.54) is 0 Å². The van der Waals surface area contributed by atoms with E-state index in [0.717, 1.165) is 12.8 Å². The van der Waals surface area contributed by atoms with E-state index in [1.807, 2.05) is 12.2 Å². The van der Waals surface area contributed by atoms with E-state index in [4.69, 9.17) is 5.73 Å². The Morgan fingerprint density at radius 3 is 2.27 bits per heavy atom. The van der Waals surface area contributed by atoms with Crippen LogP contribution in [0.2, 0.25) is 0 Å². The summed E-state index contributed by atoms with van der Waals surface area (Å²) in [4.78, 5) is 21.4. The Bertz CT molecular complexity index is 217. The molecule has 0 radical (unpaired) electrons. The van der Waals surface area contributed by atoms with Crippen LogP contribution in [0.3, 0.4) is 0 Å². The first kappa shape index (κ1) is 13.9. The number of primary amides is 1. The van der Waals surface area contributed by atoms with Crippen molar-refractivity contribution in [3.8, 4) is 0 Å². The lowest BCUT2D eigenvalue weighted by atomic mass is 10.0. The van der Waals surface area contributed by atoms with Gasteiger partial charge in [0.2, 0.25) is 5.91 Å². The van der Waals surface area contributed by atoms with E-state index >= 15 is 0 Å². The summed E-state index contributed by atoms with van der Waals surface area (Å²) in [6.07, 6.45) is 2.13. The first-order valence-corrected chi connectivity index (χ1v) is 5.24. The summed E-state index contributed by atoms with van der Waals surface area (Å²) in [5.74, 6) is 0.271. The maximum Gasteiger partial charge on any atom is 0.318 e. The van der Waals surface area contributed by atoms with Crippen LogP contribution in [0.5, 0.6) is 0 Å². The zero-order valence-electron chi connectivity index (χ0n) is 9.67. The van der Waals surface area contributed by atoms with Gasteiger partial charge in [-0.3, -0.25) is 10.1 Å². The minimum Gasteiger partial charge on any atom is -0.351 e. The molecule has 0 aromatic carbocycles. The van der Waals surface area contributed by atoms with Gasteiger partial charge in [-0.2, -0.15) is 0 Å². The minimum absolute atomic E-state index is 0.127. The SMILES string of the molecule is CC(C)CCC(C)NCC(=O)NC(N)=O. The van der Waals surface area contributed by atoms with Crippen molar-refractivity contribution in [3.05, 3.63) is 0 Å². The fourth-order valence-electron chi connectivity index (χ4n) is 1.13. The second kappa shape index (κ2) is 7.23. The van der Waals surface area contributed by atoms with Gasteiger partial charge in [-0.1, -0.05) is 13.8 Å². The van der Waals surface area contributed by atoms with Crippen LogP contribution in [0.1, 0.15) is 33.6 Å². The quantitative estimate of drug-likeness (QED) is 0.606. The van der Waals surface area contributed by atoms with Crippen LogP contribution in [-0.2, 0) is 4.79 Å². The summed E-state index contributed by atoms with van der Waals surface area (Å²) in [7, 11) is 0. The van der Waals surface area contributed by atoms with Gasteiger partial charge in [0.15, 0.2) is 0 Å². The van der Waals surface area contributed by atoms with Gasteiger partial charge in [0.1, 0.15) is 0 Å². The summed E-state index contributed by atoms with van der Waals surface area (Å²) < 4.78 is 0. The van der Waals surface area contributed by atoms with Crippen molar-refractivity contribution in [2.45, 2.75) is 39.7 Å². The lowest BCUT2D eigenvalue weighted by molar-refractivity contribution is -0.119. The second-order valence-corrected chi connectivity index (χ2v) is 4.17. The van der Waals surface area contributed by atoms with Gasteiger partial charge in [-0.05, 0) is 25.7 Å². The van der Waals surface area contributed by atoms with Gasteiger partial charge < -0.3 is 11.1 Å². The molecule has 1 atom stereocenters. The molecular weight excluding hydrogens is 194 g/mol. The van der Waals surface area contributed by atoms with Crippen LogP contribution in [0.4, 0.5) is 4.79 Å². The average Bonchev–Trinajstić information content (AvgIpc) is 2.10. The van der Waals surface area contributed by atoms with Crippen molar-refractivity contribution in [1.29, 1.82) is 0 Å². The fraction of sp³-hybridized carbons (Fsp3) is 0.800. The van der Waals surface area contributed by atoms with E-state index in [9.17, 15) is 9.59 Å². The van der Waals surface area contributed by atoms with Crippen LogP contribution in [0, 0.1) is 5.92 Å². The Labute approximate surface area is 90.8 Å². The van der Waals surface area contributed by atoms with Crippen molar-refractivity contribution in [3.63, 3.8) is 0 Å². The Balaban J connectivity index is 3.57. The third-order valence-electron chi connectivity index (χ3n) is 2.05. The van der Waals surface area contributed by atoms with E-state index in [1.54, 1.807) is 0 Å². The molecule has 5 heteroatoms. The predicted molar refractivity (Wildman–Crippen MR) is 59.3 cm³/mol. The first-order valence-electron chi connectivity index (χ1n) is 5.24. The molecule has 0 aromatic heterocycles. The van der Waals surface area contributed by atoms with E-state index in [-0.39, 0.29) is 18.5 Å². The van der Waals surface area contributed by atoms with Crippen molar-refractivity contribution in [1.82, 2.24) is 10.6 Å². The van der Waals surface area contributed by atoms with Crippen molar-refractivity contribution in [2.75, 3.05) is 6.54 Å². The molecule has 0 saturated carbocycles. The highest BCUT2D eigenvalue weighted by Gasteiger charge is 2.07. The number of carbonyl (C=O) groups is 2. The van der Waals surface area contributed by atoms with Gasteiger partial charge in [0.25, 0.3) is 0 Å². The Morgan fingerprint density at radius 2 is 1.80 bits per heavy atom. The van der Waals surface area contributed by atoms with Crippen LogP contribution in [-0.4, -0.2) is 24.5 Å². The highest BCUT2D eigenvalue weighted by molar-refractivity contribution is 5.94. The smallest absolute Gasteiger partial charge is 0.318 e. The lowest BCUT2D eigenvalue weighted by Crippen LogP contribution is -2.42. The van der Waals surface area contributed by atoms with Crippen LogP contribution >= 0.6 is 0 Å². The molecule has 3 amide bonds. The minimum atomic E-state index is -0.809. The standard InChI is InChI=1S/C10H21N3O2/c1-7(2)4-5-8(3)12-6-9(14)13-10(11)15/h7-8,12H,4-6H2,1-3H3,(H3,11,13,14,15).